The number of hydrogen-bond donors (Lipinski definition) is 1. The minimum Gasteiger partial charge on any atom is -0.321 e. The van der Waals surface area contributed by atoms with Gasteiger partial charge in [0.25, 0.3) is 5.91 Å². The van der Waals surface area contributed by atoms with E-state index in [2.05, 4.69) is 15.3 Å². The second kappa shape index (κ2) is 5.96. The van der Waals surface area contributed by atoms with E-state index in [0.29, 0.717) is 11.3 Å². The molecule has 2 aromatic heterocycles. The molecule has 0 saturated heterocycles. The summed E-state index contributed by atoms with van der Waals surface area (Å²) in [6.45, 7) is 0. The molecule has 0 aliphatic carbocycles. The average molecular weight is 275 g/mol. The zero-order valence-electron chi connectivity index (χ0n) is 11.2. The third-order valence-corrected chi connectivity index (χ3v) is 3.01. The van der Waals surface area contributed by atoms with Crippen molar-refractivity contribution in [2.24, 2.45) is 0 Å². The van der Waals surface area contributed by atoms with Gasteiger partial charge in [0.1, 0.15) is 0 Å². The van der Waals surface area contributed by atoms with Crippen LogP contribution in [0.4, 0.5) is 5.69 Å². The number of anilines is 1. The van der Waals surface area contributed by atoms with Gasteiger partial charge in [-0.1, -0.05) is 18.2 Å². The van der Waals surface area contributed by atoms with Gasteiger partial charge < -0.3 is 5.32 Å². The first-order chi connectivity index (χ1) is 10.3. The number of benzene rings is 1. The lowest BCUT2D eigenvalue weighted by molar-refractivity contribution is 0.102. The van der Waals surface area contributed by atoms with Gasteiger partial charge in [0.05, 0.1) is 17.6 Å². The fraction of sp³-hybridized carbons (Fsp3) is 0. The molecule has 0 radical (unpaired) electrons. The van der Waals surface area contributed by atoms with Gasteiger partial charge in [-0.2, -0.15) is 0 Å². The third kappa shape index (κ3) is 3.12. The molecule has 3 aromatic rings. The number of aromatic nitrogens is 2. The normalized spacial score (nSPS) is 10.1. The molecule has 3 rings (SSSR count). The smallest absolute Gasteiger partial charge is 0.255 e. The highest BCUT2D eigenvalue weighted by Crippen LogP contribution is 2.17. The van der Waals surface area contributed by atoms with E-state index in [0.717, 1.165) is 11.3 Å². The summed E-state index contributed by atoms with van der Waals surface area (Å²) in [6, 6.07) is 16.6. The van der Waals surface area contributed by atoms with Gasteiger partial charge in [0, 0.05) is 23.5 Å². The first kappa shape index (κ1) is 13.0. The maximum Gasteiger partial charge on any atom is 0.255 e. The van der Waals surface area contributed by atoms with E-state index in [1.165, 1.54) is 0 Å². The largest absolute Gasteiger partial charge is 0.321 e. The zero-order valence-corrected chi connectivity index (χ0v) is 11.2. The van der Waals surface area contributed by atoms with Crippen LogP contribution in [0.3, 0.4) is 0 Å². The van der Waals surface area contributed by atoms with Gasteiger partial charge in [0.2, 0.25) is 0 Å². The molecule has 0 unspecified atom stereocenters. The van der Waals surface area contributed by atoms with Crippen molar-refractivity contribution in [2.45, 2.75) is 0 Å². The van der Waals surface area contributed by atoms with Crippen molar-refractivity contribution in [1.29, 1.82) is 0 Å². The third-order valence-electron chi connectivity index (χ3n) is 3.01. The SMILES string of the molecule is O=C(Nc1ccc(-c2cccnc2)nc1)c1ccccc1. The number of nitrogens with zero attached hydrogens (tertiary/aromatic N) is 2. The van der Waals surface area contributed by atoms with Gasteiger partial charge in [-0.05, 0) is 36.4 Å². The van der Waals surface area contributed by atoms with Crippen molar-refractivity contribution in [3.8, 4) is 11.3 Å². The molecule has 0 bridgehead atoms. The van der Waals surface area contributed by atoms with Crippen LogP contribution in [0, 0.1) is 0 Å². The van der Waals surface area contributed by atoms with Crippen LogP contribution in [-0.4, -0.2) is 15.9 Å². The minimum atomic E-state index is -0.147. The van der Waals surface area contributed by atoms with E-state index in [-0.39, 0.29) is 5.91 Å². The van der Waals surface area contributed by atoms with Crippen LogP contribution < -0.4 is 5.32 Å². The number of carbonyl (C=O) groups is 1. The van der Waals surface area contributed by atoms with E-state index < -0.39 is 0 Å². The molecule has 0 aliphatic heterocycles. The molecular formula is C17H13N3O. The van der Waals surface area contributed by atoms with Crippen LogP contribution in [0.2, 0.25) is 0 Å². The van der Waals surface area contributed by atoms with E-state index in [1.54, 1.807) is 30.7 Å². The van der Waals surface area contributed by atoms with Gasteiger partial charge in [-0.3, -0.25) is 14.8 Å². The number of nitrogens with one attached hydrogen (secondary N) is 1. The Morgan fingerprint density at radius 2 is 1.76 bits per heavy atom. The van der Waals surface area contributed by atoms with Crippen LogP contribution in [-0.2, 0) is 0 Å². The van der Waals surface area contributed by atoms with Gasteiger partial charge in [-0.25, -0.2) is 0 Å². The summed E-state index contributed by atoms with van der Waals surface area (Å²) in [5.41, 5.74) is 3.05. The first-order valence-electron chi connectivity index (χ1n) is 6.56. The minimum absolute atomic E-state index is 0.147. The Balaban J connectivity index is 1.75. The summed E-state index contributed by atoms with van der Waals surface area (Å²) < 4.78 is 0. The summed E-state index contributed by atoms with van der Waals surface area (Å²) in [6.07, 6.45) is 5.12. The Morgan fingerprint density at radius 3 is 2.43 bits per heavy atom. The zero-order chi connectivity index (χ0) is 14.5. The number of carbonyl (C=O) groups excluding carboxylic acids is 1. The standard InChI is InChI=1S/C17H13N3O/c21-17(13-5-2-1-3-6-13)20-15-8-9-16(19-12-15)14-7-4-10-18-11-14/h1-12H,(H,20,21). The van der Waals surface area contributed by atoms with Crippen LogP contribution >= 0.6 is 0 Å². The summed E-state index contributed by atoms with van der Waals surface area (Å²) in [5, 5.41) is 2.82. The first-order valence-corrected chi connectivity index (χ1v) is 6.56. The summed E-state index contributed by atoms with van der Waals surface area (Å²) in [5.74, 6) is -0.147. The highest BCUT2D eigenvalue weighted by molar-refractivity contribution is 6.04. The van der Waals surface area contributed by atoms with Gasteiger partial charge >= 0.3 is 0 Å². The Morgan fingerprint density at radius 1 is 0.905 bits per heavy atom. The van der Waals surface area contributed by atoms with E-state index in [9.17, 15) is 4.79 Å². The van der Waals surface area contributed by atoms with Crippen molar-refractivity contribution in [2.75, 3.05) is 5.32 Å². The Labute approximate surface area is 122 Å². The molecule has 1 amide bonds. The van der Waals surface area contributed by atoms with Crippen LogP contribution in [0.5, 0.6) is 0 Å². The molecule has 0 fully saturated rings. The molecule has 2 heterocycles. The van der Waals surface area contributed by atoms with E-state index >= 15 is 0 Å². The number of hydrogen-bond acceptors (Lipinski definition) is 3. The molecule has 0 spiro atoms. The highest BCUT2D eigenvalue weighted by atomic mass is 16.1. The van der Waals surface area contributed by atoms with Crippen molar-refractivity contribution >= 4 is 11.6 Å². The quantitative estimate of drug-likeness (QED) is 0.797. The second-order valence-electron chi connectivity index (χ2n) is 4.49. The lowest BCUT2D eigenvalue weighted by Gasteiger charge is -2.06. The predicted molar refractivity (Wildman–Crippen MR) is 81.9 cm³/mol. The van der Waals surface area contributed by atoms with Crippen molar-refractivity contribution < 1.29 is 4.79 Å². The Hall–Kier alpha value is -3.01. The molecule has 1 aromatic carbocycles. The monoisotopic (exact) mass is 275 g/mol. The Kier molecular flexibility index (Phi) is 3.69. The Bertz CT molecular complexity index is 725. The maximum atomic E-state index is 12.0. The number of pyridine rings is 2. The molecule has 102 valence electrons. The molecular weight excluding hydrogens is 262 g/mol. The highest BCUT2D eigenvalue weighted by Gasteiger charge is 2.05. The molecule has 21 heavy (non-hydrogen) atoms. The average Bonchev–Trinajstić information content (AvgIpc) is 2.57. The van der Waals surface area contributed by atoms with Gasteiger partial charge in [0.15, 0.2) is 0 Å². The maximum absolute atomic E-state index is 12.0. The molecule has 0 saturated carbocycles. The van der Waals surface area contributed by atoms with Crippen molar-refractivity contribution in [3.05, 3.63) is 78.8 Å². The molecule has 0 atom stereocenters. The second-order valence-corrected chi connectivity index (χ2v) is 4.49. The molecule has 0 aliphatic rings. The predicted octanol–water partition coefficient (Wildman–Crippen LogP) is 3.40. The number of rotatable bonds is 3. The molecule has 4 heteroatoms. The molecule has 1 N–H and O–H groups in total. The lowest BCUT2D eigenvalue weighted by Crippen LogP contribution is -2.11. The van der Waals surface area contributed by atoms with Crippen molar-refractivity contribution in [1.82, 2.24) is 9.97 Å². The van der Waals surface area contributed by atoms with Crippen molar-refractivity contribution in [3.63, 3.8) is 0 Å². The lowest BCUT2D eigenvalue weighted by atomic mass is 10.2. The summed E-state index contributed by atoms with van der Waals surface area (Å²) in [7, 11) is 0. The summed E-state index contributed by atoms with van der Waals surface area (Å²) >= 11 is 0. The van der Waals surface area contributed by atoms with E-state index in [4.69, 9.17) is 0 Å². The van der Waals surface area contributed by atoms with Gasteiger partial charge in [-0.15, -0.1) is 0 Å². The number of amides is 1. The topological polar surface area (TPSA) is 54.9 Å². The molecule has 4 nitrogen and oxygen atoms in total. The van der Waals surface area contributed by atoms with Crippen LogP contribution in [0.15, 0.2) is 73.2 Å². The summed E-state index contributed by atoms with van der Waals surface area (Å²) in [4.78, 5) is 20.4. The van der Waals surface area contributed by atoms with Crippen LogP contribution in [0.1, 0.15) is 10.4 Å². The fourth-order valence-corrected chi connectivity index (χ4v) is 1.95. The fourth-order valence-electron chi connectivity index (χ4n) is 1.95. The van der Waals surface area contributed by atoms with E-state index in [1.807, 2.05) is 42.5 Å². The van der Waals surface area contributed by atoms with Crippen LogP contribution in [0.25, 0.3) is 11.3 Å².